The van der Waals surface area contributed by atoms with Crippen molar-refractivity contribution in [3.63, 3.8) is 0 Å². The zero-order chi connectivity index (χ0) is 21.6. The smallest absolute Gasteiger partial charge is 0.306 e. The molecule has 3 N–H and O–H groups in total. The highest BCUT2D eigenvalue weighted by Crippen LogP contribution is 2.23. The van der Waals surface area contributed by atoms with Crippen molar-refractivity contribution < 1.29 is 21.6 Å². The molecule has 8 nitrogen and oxygen atoms in total. The minimum Gasteiger partial charge on any atom is -0.306 e. The number of rotatable bonds is 7. The van der Waals surface area contributed by atoms with Gasteiger partial charge in [0.15, 0.2) is 0 Å². The Balaban J connectivity index is 1.75. The van der Waals surface area contributed by atoms with Crippen LogP contribution in [0.2, 0.25) is 0 Å². The largest absolute Gasteiger partial charge is 0.332 e. The van der Waals surface area contributed by atoms with Crippen LogP contribution in [0.5, 0.6) is 0 Å². The van der Waals surface area contributed by atoms with Gasteiger partial charge in [-0.25, -0.2) is 26.4 Å². The molecule has 3 rings (SSSR count). The van der Waals surface area contributed by atoms with Crippen LogP contribution in [0.25, 0.3) is 0 Å². The summed E-state index contributed by atoms with van der Waals surface area (Å²) < 4.78 is 54.2. The van der Waals surface area contributed by atoms with Gasteiger partial charge in [0.25, 0.3) is 10.0 Å². The maximum absolute atomic E-state index is 12.7. The van der Waals surface area contributed by atoms with Gasteiger partial charge >= 0.3 is 6.03 Å². The first-order chi connectivity index (χ1) is 14.3. The Morgan fingerprint density at radius 1 is 0.733 bits per heavy atom. The number of sulfonamides is 2. The molecule has 30 heavy (non-hydrogen) atoms. The van der Waals surface area contributed by atoms with E-state index in [0.29, 0.717) is 11.3 Å². The third-order valence-electron chi connectivity index (χ3n) is 3.90. The van der Waals surface area contributed by atoms with Gasteiger partial charge in [0.05, 0.1) is 11.4 Å². The summed E-state index contributed by atoms with van der Waals surface area (Å²) in [6.45, 7) is 0. The molecule has 0 aromatic heterocycles. The molecule has 2 amide bonds. The fourth-order valence-electron chi connectivity index (χ4n) is 2.64. The second-order valence-electron chi connectivity index (χ2n) is 6.27. The third kappa shape index (κ3) is 5.82. The first-order valence-electron chi connectivity index (χ1n) is 8.77. The molecule has 0 bridgehead atoms. The molecular weight excluding hydrogens is 426 g/mol. The van der Waals surface area contributed by atoms with Crippen LogP contribution in [0.15, 0.2) is 89.8 Å². The minimum absolute atomic E-state index is 0.0617. The first-order valence-corrected chi connectivity index (χ1v) is 11.9. The number of carbonyl (C=O) groups is 1. The van der Waals surface area contributed by atoms with Crippen LogP contribution in [0, 0.1) is 0 Å². The third-order valence-corrected chi connectivity index (χ3v) is 6.55. The van der Waals surface area contributed by atoms with Crippen LogP contribution in [-0.2, 0) is 25.8 Å². The van der Waals surface area contributed by atoms with Gasteiger partial charge in [-0.05, 0) is 29.8 Å². The lowest BCUT2D eigenvalue weighted by Crippen LogP contribution is -2.35. The van der Waals surface area contributed by atoms with Crippen molar-refractivity contribution >= 4 is 37.5 Å². The molecule has 0 heterocycles. The number of hydrogen-bond donors (Lipinski definition) is 3. The average Bonchev–Trinajstić information content (AvgIpc) is 2.68. The topological polar surface area (TPSA) is 121 Å². The monoisotopic (exact) mass is 445 g/mol. The minimum atomic E-state index is -4.02. The van der Waals surface area contributed by atoms with E-state index >= 15 is 0 Å². The molecule has 10 heteroatoms. The second-order valence-corrected chi connectivity index (χ2v) is 9.64. The van der Waals surface area contributed by atoms with E-state index in [2.05, 4.69) is 10.0 Å². The van der Waals surface area contributed by atoms with Crippen LogP contribution < -0.4 is 14.8 Å². The molecule has 0 aliphatic carbocycles. The van der Waals surface area contributed by atoms with Crippen LogP contribution >= 0.6 is 0 Å². The summed E-state index contributed by atoms with van der Waals surface area (Å²) in [5.41, 5.74) is 0.795. The van der Waals surface area contributed by atoms with Crippen molar-refractivity contribution in [2.45, 2.75) is 10.6 Å². The molecule has 0 unspecified atom stereocenters. The summed E-state index contributed by atoms with van der Waals surface area (Å²) >= 11 is 0. The van der Waals surface area contributed by atoms with Crippen LogP contribution in [-0.4, -0.2) is 22.9 Å². The number of benzene rings is 3. The van der Waals surface area contributed by atoms with E-state index in [1.165, 1.54) is 24.3 Å². The van der Waals surface area contributed by atoms with Gasteiger partial charge in [0, 0.05) is 5.69 Å². The molecule has 0 spiro atoms. The van der Waals surface area contributed by atoms with Crippen molar-refractivity contribution in [2.75, 3.05) is 10.0 Å². The molecule has 0 radical (unpaired) electrons. The molecule has 156 valence electrons. The van der Waals surface area contributed by atoms with Crippen molar-refractivity contribution in [3.05, 3.63) is 90.5 Å². The van der Waals surface area contributed by atoms with Gasteiger partial charge in [-0.2, -0.15) is 0 Å². The predicted molar refractivity (Wildman–Crippen MR) is 115 cm³/mol. The first kappa shape index (κ1) is 21.3. The zero-order valence-electron chi connectivity index (χ0n) is 15.6. The maximum Gasteiger partial charge on any atom is 0.332 e. The van der Waals surface area contributed by atoms with E-state index in [4.69, 9.17) is 0 Å². The summed E-state index contributed by atoms with van der Waals surface area (Å²) in [5.74, 6) is -0.392. The Labute approximate surface area is 175 Å². The lowest BCUT2D eigenvalue weighted by molar-refractivity contribution is 0.256. The van der Waals surface area contributed by atoms with E-state index in [1.54, 1.807) is 60.7 Å². The van der Waals surface area contributed by atoms with Crippen molar-refractivity contribution in [1.29, 1.82) is 0 Å². The Morgan fingerprint density at radius 2 is 1.30 bits per heavy atom. The van der Waals surface area contributed by atoms with E-state index < -0.39 is 31.8 Å². The molecule has 0 fully saturated rings. The van der Waals surface area contributed by atoms with Gasteiger partial charge in [-0.3, -0.25) is 4.72 Å². The van der Waals surface area contributed by atoms with Crippen molar-refractivity contribution in [3.8, 4) is 0 Å². The molecule has 0 saturated heterocycles. The quantitative estimate of drug-likeness (QED) is 0.516. The molecule has 3 aromatic carbocycles. The average molecular weight is 446 g/mol. The molecule has 0 aliphatic heterocycles. The standard InChI is InChI=1S/C20H19N3O5S2/c24-20(23-29(25,26)15-16-9-3-1-4-10-16)21-18-13-7-8-14-19(18)30(27,28)22-17-11-5-2-6-12-17/h1-14,22H,15H2,(H2,21,23,24). The van der Waals surface area contributed by atoms with Gasteiger partial charge < -0.3 is 5.32 Å². The Morgan fingerprint density at radius 3 is 1.97 bits per heavy atom. The Hall–Kier alpha value is -3.37. The van der Waals surface area contributed by atoms with Gasteiger partial charge in [-0.1, -0.05) is 60.7 Å². The number of anilines is 2. The number of amides is 2. The summed E-state index contributed by atoms with van der Waals surface area (Å²) in [5, 5.41) is 2.30. The highest BCUT2D eigenvalue weighted by atomic mass is 32.2. The molecule has 0 saturated carbocycles. The highest BCUT2D eigenvalue weighted by Gasteiger charge is 2.21. The zero-order valence-corrected chi connectivity index (χ0v) is 17.3. The van der Waals surface area contributed by atoms with Gasteiger partial charge in [0.1, 0.15) is 4.90 Å². The summed E-state index contributed by atoms with van der Waals surface area (Å²) in [7, 11) is -8.00. The number of nitrogens with one attached hydrogen (secondary N) is 3. The highest BCUT2D eigenvalue weighted by molar-refractivity contribution is 7.93. The number of carbonyl (C=O) groups excluding carboxylic acids is 1. The van der Waals surface area contributed by atoms with Crippen LogP contribution in [0.1, 0.15) is 5.56 Å². The second kappa shape index (κ2) is 8.97. The van der Waals surface area contributed by atoms with Gasteiger partial charge in [0.2, 0.25) is 10.0 Å². The molecule has 0 atom stereocenters. The summed E-state index contributed by atoms with van der Waals surface area (Å²) in [6.07, 6.45) is 0. The predicted octanol–water partition coefficient (Wildman–Crippen LogP) is 3.14. The van der Waals surface area contributed by atoms with Crippen LogP contribution in [0.4, 0.5) is 16.2 Å². The lowest BCUT2D eigenvalue weighted by Gasteiger charge is -2.14. The Bertz CT molecular complexity index is 1230. The van der Waals surface area contributed by atoms with E-state index in [-0.39, 0.29) is 10.6 Å². The summed E-state index contributed by atoms with van der Waals surface area (Å²) in [4.78, 5) is 12.0. The van der Waals surface area contributed by atoms with E-state index in [0.717, 1.165) is 0 Å². The molecule has 0 aliphatic rings. The van der Waals surface area contributed by atoms with Crippen molar-refractivity contribution in [1.82, 2.24) is 4.72 Å². The van der Waals surface area contributed by atoms with Gasteiger partial charge in [-0.15, -0.1) is 0 Å². The normalized spacial score (nSPS) is 11.5. The number of para-hydroxylation sites is 2. The van der Waals surface area contributed by atoms with E-state index in [1.807, 2.05) is 4.72 Å². The Kier molecular flexibility index (Phi) is 6.38. The van der Waals surface area contributed by atoms with Crippen LogP contribution in [0.3, 0.4) is 0 Å². The molecular formula is C20H19N3O5S2. The fourth-order valence-corrected chi connectivity index (χ4v) is 4.90. The van der Waals surface area contributed by atoms with E-state index in [9.17, 15) is 21.6 Å². The number of urea groups is 1. The van der Waals surface area contributed by atoms with Crippen molar-refractivity contribution in [2.24, 2.45) is 0 Å². The maximum atomic E-state index is 12.7. The summed E-state index contributed by atoms with van der Waals surface area (Å²) in [6, 6.07) is 21.2. The number of hydrogen-bond acceptors (Lipinski definition) is 5. The SMILES string of the molecule is O=C(Nc1ccccc1S(=O)(=O)Nc1ccccc1)NS(=O)(=O)Cc1ccccc1. The lowest BCUT2D eigenvalue weighted by atomic mass is 10.2. The molecule has 3 aromatic rings. The fraction of sp³-hybridized carbons (Fsp3) is 0.0500.